The summed E-state index contributed by atoms with van der Waals surface area (Å²) < 4.78 is 30.0. The zero-order valence-electron chi connectivity index (χ0n) is 19.7. The molecular formula is C25H35N3O4S. The molecule has 0 atom stereocenters. The van der Waals surface area contributed by atoms with Crippen LogP contribution in [0.25, 0.3) is 10.9 Å². The maximum atomic E-state index is 13.4. The molecule has 33 heavy (non-hydrogen) atoms. The van der Waals surface area contributed by atoms with E-state index in [9.17, 15) is 18.0 Å². The van der Waals surface area contributed by atoms with Gasteiger partial charge in [0.25, 0.3) is 5.91 Å². The van der Waals surface area contributed by atoms with Gasteiger partial charge >= 0.3 is 0 Å². The van der Waals surface area contributed by atoms with Crippen molar-refractivity contribution in [1.29, 1.82) is 0 Å². The van der Waals surface area contributed by atoms with Gasteiger partial charge in [-0.25, -0.2) is 8.42 Å². The predicted molar refractivity (Wildman–Crippen MR) is 130 cm³/mol. The molecule has 2 fully saturated rings. The van der Waals surface area contributed by atoms with E-state index in [-0.39, 0.29) is 33.8 Å². The number of pyridine rings is 1. The van der Waals surface area contributed by atoms with E-state index in [1.807, 2.05) is 11.5 Å². The highest BCUT2D eigenvalue weighted by Crippen LogP contribution is 2.28. The number of nitrogens with zero attached hydrogens (tertiary/aromatic N) is 2. The topological polar surface area (TPSA) is 88.5 Å². The molecule has 0 unspecified atom stereocenters. The van der Waals surface area contributed by atoms with Crippen LogP contribution in [-0.2, 0) is 16.6 Å². The van der Waals surface area contributed by atoms with Crippen LogP contribution in [0.5, 0.6) is 0 Å². The third kappa shape index (κ3) is 4.87. The summed E-state index contributed by atoms with van der Waals surface area (Å²) in [7, 11) is -2.10. The Kier molecular flexibility index (Phi) is 7.24. The summed E-state index contributed by atoms with van der Waals surface area (Å²) in [6, 6.07) is 4.79. The predicted octanol–water partition coefficient (Wildman–Crippen LogP) is 4.04. The number of rotatable bonds is 6. The number of hydrogen-bond acceptors (Lipinski definition) is 4. The first-order chi connectivity index (χ1) is 15.8. The summed E-state index contributed by atoms with van der Waals surface area (Å²) in [5.41, 5.74) is 0.293. The summed E-state index contributed by atoms with van der Waals surface area (Å²) in [6.07, 6.45) is 11.7. The molecule has 1 N–H and O–H groups in total. The van der Waals surface area contributed by atoms with Crippen molar-refractivity contribution in [1.82, 2.24) is 14.2 Å². The monoisotopic (exact) mass is 473 g/mol. The lowest BCUT2D eigenvalue weighted by Gasteiger charge is -2.30. The van der Waals surface area contributed by atoms with Crippen LogP contribution >= 0.6 is 0 Å². The van der Waals surface area contributed by atoms with Crippen molar-refractivity contribution < 1.29 is 13.2 Å². The molecule has 7 nitrogen and oxygen atoms in total. The van der Waals surface area contributed by atoms with E-state index in [1.54, 1.807) is 25.4 Å². The number of fused-ring (bicyclic) bond motifs is 1. The summed E-state index contributed by atoms with van der Waals surface area (Å²) in [4.78, 5) is 26.4. The Labute approximate surface area is 196 Å². The number of hydrogen-bond donors (Lipinski definition) is 1. The molecule has 0 radical (unpaired) electrons. The molecule has 2 saturated carbocycles. The Morgan fingerprint density at radius 2 is 1.70 bits per heavy atom. The zero-order chi connectivity index (χ0) is 23.6. The van der Waals surface area contributed by atoms with Crippen LogP contribution in [0.2, 0.25) is 0 Å². The van der Waals surface area contributed by atoms with Gasteiger partial charge in [-0.3, -0.25) is 9.59 Å². The number of benzene rings is 1. The van der Waals surface area contributed by atoms with Crippen molar-refractivity contribution in [3.63, 3.8) is 0 Å². The summed E-state index contributed by atoms with van der Waals surface area (Å²) in [5, 5.41) is 3.29. The van der Waals surface area contributed by atoms with Crippen LogP contribution in [0.3, 0.4) is 0 Å². The third-order valence-corrected chi connectivity index (χ3v) is 9.25. The molecule has 1 aromatic heterocycles. The highest BCUT2D eigenvalue weighted by atomic mass is 32.2. The second-order valence-electron chi connectivity index (χ2n) is 9.46. The fraction of sp³-hybridized carbons (Fsp3) is 0.600. The summed E-state index contributed by atoms with van der Waals surface area (Å²) in [5.74, 6) is -0.372. The normalized spacial score (nSPS) is 18.6. The van der Waals surface area contributed by atoms with E-state index in [1.165, 1.54) is 16.8 Å². The van der Waals surface area contributed by atoms with Crippen LogP contribution in [-0.4, -0.2) is 42.3 Å². The molecule has 1 amide bonds. The standard InChI is InChI=1S/C25H35N3O4S/c1-3-28-17-22(25(30)26-18-10-6-4-7-11-18)24(29)21-16-20(14-15-23(21)28)33(31,32)27(2)19-12-8-5-9-13-19/h14-19H,3-13H2,1-2H3,(H,26,30). The van der Waals surface area contributed by atoms with E-state index in [4.69, 9.17) is 0 Å². The van der Waals surface area contributed by atoms with Crippen molar-refractivity contribution in [3.05, 3.63) is 40.2 Å². The van der Waals surface area contributed by atoms with Crippen LogP contribution in [0.4, 0.5) is 0 Å². The van der Waals surface area contributed by atoms with Gasteiger partial charge in [0.15, 0.2) is 0 Å². The van der Waals surface area contributed by atoms with Gasteiger partial charge in [0, 0.05) is 37.3 Å². The molecular weight excluding hydrogens is 438 g/mol. The number of aryl methyl sites for hydroxylation is 1. The van der Waals surface area contributed by atoms with Crippen molar-refractivity contribution in [2.75, 3.05) is 7.05 Å². The van der Waals surface area contributed by atoms with Gasteiger partial charge in [0.2, 0.25) is 15.5 Å². The summed E-state index contributed by atoms with van der Waals surface area (Å²) in [6.45, 7) is 2.50. The van der Waals surface area contributed by atoms with Crippen molar-refractivity contribution in [3.8, 4) is 0 Å². The molecule has 0 spiro atoms. The fourth-order valence-electron chi connectivity index (χ4n) is 5.28. The Balaban J connectivity index is 1.72. The fourth-order valence-corrected chi connectivity index (χ4v) is 6.72. The maximum absolute atomic E-state index is 13.4. The molecule has 1 heterocycles. The van der Waals surface area contributed by atoms with Crippen LogP contribution < -0.4 is 10.7 Å². The van der Waals surface area contributed by atoms with E-state index in [0.717, 1.165) is 57.8 Å². The summed E-state index contributed by atoms with van der Waals surface area (Å²) >= 11 is 0. The van der Waals surface area contributed by atoms with Crippen molar-refractivity contribution in [2.24, 2.45) is 0 Å². The molecule has 2 aliphatic rings. The largest absolute Gasteiger partial charge is 0.349 e. The lowest BCUT2D eigenvalue weighted by atomic mass is 9.95. The highest BCUT2D eigenvalue weighted by molar-refractivity contribution is 7.89. The molecule has 4 rings (SSSR count). The first-order valence-corrected chi connectivity index (χ1v) is 13.7. The molecule has 2 aliphatic carbocycles. The third-order valence-electron chi connectivity index (χ3n) is 7.34. The minimum atomic E-state index is -3.74. The van der Waals surface area contributed by atoms with E-state index in [0.29, 0.717) is 12.1 Å². The molecule has 0 aliphatic heterocycles. The molecule has 8 heteroatoms. The second kappa shape index (κ2) is 9.97. The molecule has 1 aromatic carbocycles. The van der Waals surface area contributed by atoms with Gasteiger partial charge in [-0.15, -0.1) is 0 Å². The Morgan fingerprint density at radius 1 is 1.06 bits per heavy atom. The first kappa shape index (κ1) is 24.0. The minimum Gasteiger partial charge on any atom is -0.349 e. The zero-order valence-corrected chi connectivity index (χ0v) is 20.5. The Morgan fingerprint density at radius 3 is 2.33 bits per heavy atom. The van der Waals surface area contributed by atoms with E-state index in [2.05, 4.69) is 5.32 Å². The van der Waals surface area contributed by atoms with E-state index >= 15 is 0 Å². The lowest BCUT2D eigenvalue weighted by molar-refractivity contribution is 0.0926. The van der Waals surface area contributed by atoms with Crippen molar-refractivity contribution in [2.45, 2.75) is 94.7 Å². The number of sulfonamides is 1. The molecule has 0 saturated heterocycles. The smallest absolute Gasteiger partial charge is 0.256 e. The first-order valence-electron chi connectivity index (χ1n) is 12.3. The van der Waals surface area contributed by atoms with Gasteiger partial charge in [0.1, 0.15) is 5.56 Å². The number of nitrogens with one attached hydrogen (secondary N) is 1. The van der Waals surface area contributed by atoms with Crippen LogP contribution in [0.15, 0.2) is 34.1 Å². The number of aromatic nitrogens is 1. The quantitative estimate of drug-likeness (QED) is 0.686. The highest BCUT2D eigenvalue weighted by Gasteiger charge is 2.30. The van der Waals surface area contributed by atoms with Gasteiger partial charge in [0.05, 0.1) is 10.4 Å². The van der Waals surface area contributed by atoms with Gasteiger partial charge in [-0.1, -0.05) is 38.5 Å². The second-order valence-corrected chi connectivity index (χ2v) is 11.5. The number of carbonyl (C=O) groups is 1. The molecule has 2 aromatic rings. The van der Waals surface area contributed by atoms with E-state index < -0.39 is 15.5 Å². The average molecular weight is 474 g/mol. The average Bonchev–Trinajstić information content (AvgIpc) is 2.84. The maximum Gasteiger partial charge on any atom is 0.256 e. The van der Waals surface area contributed by atoms with Crippen LogP contribution in [0, 0.1) is 0 Å². The van der Waals surface area contributed by atoms with Crippen molar-refractivity contribution >= 4 is 26.8 Å². The SMILES string of the molecule is CCn1cc(C(=O)NC2CCCCC2)c(=O)c2cc(S(=O)(=O)N(C)C3CCCCC3)ccc21. The van der Waals surface area contributed by atoms with Gasteiger partial charge in [-0.05, 0) is 50.8 Å². The molecule has 0 bridgehead atoms. The number of amides is 1. The lowest BCUT2D eigenvalue weighted by Crippen LogP contribution is -2.39. The Bertz CT molecular complexity index is 1180. The minimum absolute atomic E-state index is 0.0145. The van der Waals surface area contributed by atoms with Crippen LogP contribution in [0.1, 0.15) is 81.5 Å². The Hall–Kier alpha value is -2.19. The van der Waals surface area contributed by atoms with Gasteiger partial charge in [-0.2, -0.15) is 4.31 Å². The molecule has 180 valence electrons. The number of carbonyl (C=O) groups excluding carboxylic acids is 1. The van der Waals surface area contributed by atoms with Gasteiger partial charge < -0.3 is 9.88 Å².